The molecular formula is C36H48N4O9. The Hall–Kier alpha value is -4.26. The fourth-order valence-electron chi connectivity index (χ4n) is 7.01. The number of nitrogens with zero attached hydrogens (tertiary/aromatic N) is 1. The van der Waals surface area contributed by atoms with Crippen molar-refractivity contribution in [1.29, 1.82) is 0 Å². The number of hydrogen-bond acceptors (Lipinski definition) is 9. The van der Waals surface area contributed by atoms with Gasteiger partial charge in [-0.05, 0) is 103 Å². The molecule has 4 aliphatic rings. The van der Waals surface area contributed by atoms with Crippen molar-refractivity contribution in [3.63, 3.8) is 0 Å². The number of benzene rings is 1. The highest BCUT2D eigenvalue weighted by molar-refractivity contribution is 6.24. The molecule has 266 valence electrons. The quantitative estimate of drug-likeness (QED) is 0.196. The van der Waals surface area contributed by atoms with Crippen molar-refractivity contribution in [1.82, 2.24) is 20.9 Å². The standard InChI is InChI=1S/C36H48N4O9/c1-35(2,17-19-49-36(3,4)16-18-37-34(46)48-20-25-22-10-7-5-6-8-11-23(22)25)39-29(42)21-47-27-13-9-12-24-30(27)33(45)40(32(24)44)26-14-15-28(41)38-31(26)43/h5-6,9,12-13,22-23,25-26H,7-8,10-11,14-21H2,1-4H3,(H,37,46)(H,39,42)(H,38,41,43)/b6-5+. The summed E-state index contributed by atoms with van der Waals surface area (Å²) in [6.07, 6.45) is 9.79. The third-order valence-electron chi connectivity index (χ3n) is 9.90. The van der Waals surface area contributed by atoms with E-state index in [1.54, 1.807) is 0 Å². The summed E-state index contributed by atoms with van der Waals surface area (Å²) in [4.78, 5) is 76.2. The molecule has 13 heteroatoms. The Morgan fingerprint density at radius 3 is 2.37 bits per heavy atom. The molecular weight excluding hydrogens is 632 g/mol. The van der Waals surface area contributed by atoms with Gasteiger partial charge in [0.1, 0.15) is 11.8 Å². The second-order valence-corrected chi connectivity index (χ2v) is 14.6. The Morgan fingerprint density at radius 1 is 0.959 bits per heavy atom. The topological polar surface area (TPSA) is 169 Å². The van der Waals surface area contributed by atoms with Crippen molar-refractivity contribution in [3.8, 4) is 5.75 Å². The van der Waals surface area contributed by atoms with Crippen LogP contribution in [0.5, 0.6) is 5.75 Å². The fraction of sp³-hybridized carbons (Fsp3) is 0.611. The predicted molar refractivity (Wildman–Crippen MR) is 178 cm³/mol. The molecule has 1 saturated heterocycles. The van der Waals surface area contributed by atoms with Crippen LogP contribution < -0.4 is 20.7 Å². The maximum absolute atomic E-state index is 13.3. The largest absolute Gasteiger partial charge is 0.483 e. The SMILES string of the molecule is CC(C)(CCOC(C)(C)CCNC(=O)OCC1C2CC/C=C/CCC21)NC(=O)COc1cccc2c1C(=O)N(C1CCC(=O)NC1=O)C2=O. The summed E-state index contributed by atoms with van der Waals surface area (Å²) < 4.78 is 17.3. The Labute approximate surface area is 286 Å². The number of imide groups is 2. The first-order chi connectivity index (χ1) is 23.3. The minimum absolute atomic E-state index is 0.0127. The van der Waals surface area contributed by atoms with Gasteiger partial charge in [-0.1, -0.05) is 18.2 Å². The lowest BCUT2D eigenvalue weighted by molar-refractivity contribution is -0.136. The molecule has 3 unspecified atom stereocenters. The summed E-state index contributed by atoms with van der Waals surface area (Å²) in [6.45, 7) is 8.43. The zero-order valence-electron chi connectivity index (χ0n) is 28.8. The molecule has 2 aliphatic carbocycles. The van der Waals surface area contributed by atoms with Crippen LogP contribution in [-0.2, 0) is 23.9 Å². The molecule has 1 saturated carbocycles. The van der Waals surface area contributed by atoms with Crippen molar-refractivity contribution >= 4 is 35.6 Å². The molecule has 5 rings (SSSR count). The maximum atomic E-state index is 13.3. The van der Waals surface area contributed by atoms with Gasteiger partial charge >= 0.3 is 6.09 Å². The van der Waals surface area contributed by atoms with Crippen molar-refractivity contribution in [2.45, 2.75) is 96.2 Å². The summed E-state index contributed by atoms with van der Waals surface area (Å²) in [5.41, 5.74) is -1.13. The van der Waals surface area contributed by atoms with Gasteiger partial charge in [-0.25, -0.2) is 4.79 Å². The minimum Gasteiger partial charge on any atom is -0.483 e. The third kappa shape index (κ3) is 9.05. The van der Waals surface area contributed by atoms with Gasteiger partial charge in [0, 0.05) is 25.1 Å². The third-order valence-corrected chi connectivity index (χ3v) is 9.90. The number of carbonyl (C=O) groups excluding carboxylic acids is 6. The molecule has 3 N–H and O–H groups in total. The average molecular weight is 681 g/mol. The van der Waals surface area contributed by atoms with Crippen LogP contribution in [0.1, 0.15) is 99.8 Å². The molecule has 0 spiro atoms. The lowest BCUT2D eigenvalue weighted by Gasteiger charge is -2.30. The molecule has 2 aliphatic heterocycles. The molecule has 49 heavy (non-hydrogen) atoms. The van der Waals surface area contributed by atoms with E-state index >= 15 is 0 Å². The number of fused-ring (bicyclic) bond motifs is 2. The molecule has 1 aromatic carbocycles. The molecule has 0 aromatic heterocycles. The van der Waals surface area contributed by atoms with Crippen molar-refractivity contribution < 1.29 is 43.0 Å². The molecule has 2 heterocycles. The van der Waals surface area contributed by atoms with Crippen LogP contribution in [0.15, 0.2) is 30.4 Å². The molecule has 0 radical (unpaired) electrons. The van der Waals surface area contributed by atoms with Crippen molar-refractivity contribution in [2.24, 2.45) is 17.8 Å². The zero-order chi connectivity index (χ0) is 35.3. The van der Waals surface area contributed by atoms with Gasteiger partial charge in [-0.15, -0.1) is 0 Å². The Kier molecular flexibility index (Phi) is 11.1. The molecule has 2 fully saturated rings. The zero-order valence-corrected chi connectivity index (χ0v) is 28.8. The van der Waals surface area contributed by atoms with Gasteiger partial charge in [-0.2, -0.15) is 0 Å². The predicted octanol–water partition coefficient (Wildman–Crippen LogP) is 3.66. The fourth-order valence-corrected chi connectivity index (χ4v) is 7.01. The lowest BCUT2D eigenvalue weighted by atomic mass is 10.0. The normalized spacial score (nSPS) is 24.2. The smallest absolute Gasteiger partial charge is 0.407 e. The van der Waals surface area contributed by atoms with Crippen LogP contribution in [0.3, 0.4) is 0 Å². The van der Waals surface area contributed by atoms with E-state index in [2.05, 4.69) is 28.1 Å². The molecule has 3 atom stereocenters. The van der Waals surface area contributed by atoms with Gasteiger partial charge in [0.25, 0.3) is 17.7 Å². The highest BCUT2D eigenvalue weighted by Gasteiger charge is 2.49. The number of allylic oxidation sites excluding steroid dienone is 2. The van der Waals surface area contributed by atoms with E-state index in [1.807, 2.05) is 27.7 Å². The number of ether oxygens (including phenoxy) is 3. The minimum atomic E-state index is -1.10. The van der Waals surface area contributed by atoms with E-state index in [1.165, 1.54) is 31.0 Å². The second-order valence-electron chi connectivity index (χ2n) is 14.6. The second kappa shape index (κ2) is 15.1. The summed E-state index contributed by atoms with van der Waals surface area (Å²) in [5, 5.41) is 7.92. The number of alkyl carbamates (subject to hydrolysis) is 1. The summed E-state index contributed by atoms with van der Waals surface area (Å²) in [5.74, 6) is -1.08. The van der Waals surface area contributed by atoms with Crippen LogP contribution in [0.25, 0.3) is 0 Å². The monoisotopic (exact) mass is 680 g/mol. The van der Waals surface area contributed by atoms with Crippen LogP contribution >= 0.6 is 0 Å². The Balaban J connectivity index is 1.00. The molecule has 13 nitrogen and oxygen atoms in total. The van der Waals surface area contributed by atoms with Crippen LogP contribution in [0.2, 0.25) is 0 Å². The first-order valence-corrected chi connectivity index (χ1v) is 17.2. The Morgan fingerprint density at radius 2 is 1.67 bits per heavy atom. The number of piperidine rings is 1. The van der Waals surface area contributed by atoms with Gasteiger partial charge < -0.3 is 24.8 Å². The molecule has 1 aromatic rings. The van der Waals surface area contributed by atoms with E-state index < -0.39 is 59.4 Å². The lowest BCUT2D eigenvalue weighted by Crippen LogP contribution is -2.54. The first-order valence-electron chi connectivity index (χ1n) is 17.2. The number of nitrogens with one attached hydrogen (secondary N) is 3. The average Bonchev–Trinajstić information content (AvgIpc) is 3.59. The van der Waals surface area contributed by atoms with Crippen LogP contribution in [-0.4, -0.2) is 84.1 Å². The number of carbonyl (C=O) groups is 6. The highest BCUT2D eigenvalue weighted by atomic mass is 16.5. The summed E-state index contributed by atoms with van der Waals surface area (Å²) in [7, 11) is 0. The van der Waals surface area contributed by atoms with Crippen molar-refractivity contribution in [3.05, 3.63) is 41.5 Å². The van der Waals surface area contributed by atoms with E-state index in [4.69, 9.17) is 14.2 Å². The Bertz CT molecular complexity index is 1490. The van der Waals surface area contributed by atoms with E-state index in [9.17, 15) is 28.8 Å². The maximum Gasteiger partial charge on any atom is 0.407 e. The van der Waals surface area contributed by atoms with Crippen LogP contribution in [0.4, 0.5) is 4.79 Å². The van der Waals surface area contributed by atoms with E-state index in [-0.39, 0.29) is 29.7 Å². The number of amides is 6. The van der Waals surface area contributed by atoms with E-state index in [0.29, 0.717) is 50.4 Å². The first kappa shape index (κ1) is 36.0. The van der Waals surface area contributed by atoms with Gasteiger partial charge in [0.2, 0.25) is 11.8 Å². The number of rotatable bonds is 14. The summed E-state index contributed by atoms with van der Waals surface area (Å²) >= 11 is 0. The van der Waals surface area contributed by atoms with E-state index in [0.717, 1.165) is 17.7 Å². The van der Waals surface area contributed by atoms with Crippen LogP contribution in [0, 0.1) is 17.8 Å². The molecule has 6 amide bonds. The highest BCUT2D eigenvalue weighted by Crippen LogP contribution is 2.52. The molecule has 0 bridgehead atoms. The summed E-state index contributed by atoms with van der Waals surface area (Å²) in [6, 6.07) is 3.38. The van der Waals surface area contributed by atoms with Gasteiger partial charge in [0.05, 0.1) is 23.3 Å². The number of hydrogen-bond donors (Lipinski definition) is 3. The van der Waals surface area contributed by atoms with Crippen molar-refractivity contribution in [2.75, 3.05) is 26.4 Å². The van der Waals surface area contributed by atoms with Gasteiger partial charge in [-0.3, -0.25) is 34.2 Å². The van der Waals surface area contributed by atoms with Gasteiger partial charge in [0.15, 0.2) is 6.61 Å².